The van der Waals surface area contributed by atoms with Gasteiger partial charge in [-0.1, -0.05) is 47.1 Å². The first-order chi connectivity index (χ1) is 13.1. The Balaban J connectivity index is 1.39. The first kappa shape index (κ1) is 18.8. The number of carbonyl (C=O) groups is 1. The van der Waals surface area contributed by atoms with E-state index < -0.39 is 0 Å². The fraction of sp³-hybridized carbons (Fsp3) is 0.278. The molecule has 4 rings (SSSR count). The van der Waals surface area contributed by atoms with Gasteiger partial charge in [0.05, 0.1) is 20.6 Å². The van der Waals surface area contributed by atoms with Gasteiger partial charge in [0.2, 0.25) is 5.91 Å². The third-order valence-electron chi connectivity index (χ3n) is 4.11. The summed E-state index contributed by atoms with van der Waals surface area (Å²) >= 11 is 15.4. The fourth-order valence-electron chi connectivity index (χ4n) is 2.67. The molecular weight excluding hydrogens is 423 g/mol. The van der Waals surface area contributed by atoms with E-state index in [2.05, 4.69) is 26.1 Å². The van der Waals surface area contributed by atoms with E-state index in [1.165, 1.54) is 0 Å². The van der Waals surface area contributed by atoms with Gasteiger partial charge in [-0.3, -0.25) is 9.36 Å². The molecule has 1 aliphatic rings. The van der Waals surface area contributed by atoms with Crippen LogP contribution in [0.2, 0.25) is 10.0 Å². The molecule has 1 fully saturated rings. The molecule has 1 amide bonds. The minimum Gasteiger partial charge on any atom is -0.324 e. The van der Waals surface area contributed by atoms with Crippen molar-refractivity contribution >= 4 is 57.9 Å². The summed E-state index contributed by atoms with van der Waals surface area (Å²) in [4.78, 5) is 13.4. The SMILES string of the molecule is O=C(CCSc1nnc(-c2cccs2)n1C1CC1)Nc1c(Cl)cccc1Cl. The Labute approximate surface area is 175 Å². The average Bonchev–Trinajstić information content (AvgIpc) is 3.17. The highest BCUT2D eigenvalue weighted by atomic mass is 35.5. The molecule has 2 aromatic heterocycles. The Bertz CT molecular complexity index is 934. The van der Waals surface area contributed by atoms with Crippen LogP contribution < -0.4 is 5.32 Å². The van der Waals surface area contributed by atoms with Crippen LogP contribution in [0.3, 0.4) is 0 Å². The van der Waals surface area contributed by atoms with Crippen molar-refractivity contribution in [3.63, 3.8) is 0 Å². The van der Waals surface area contributed by atoms with Crippen molar-refractivity contribution in [2.24, 2.45) is 0 Å². The van der Waals surface area contributed by atoms with Crippen LogP contribution in [0.15, 0.2) is 40.9 Å². The van der Waals surface area contributed by atoms with E-state index in [0.717, 1.165) is 28.7 Å². The standard InChI is InChI=1S/C18H16Cl2N4OS2/c19-12-3-1-4-13(20)16(12)21-15(25)8-10-27-18-23-22-17(14-5-2-9-26-14)24(18)11-6-7-11/h1-5,9,11H,6-8,10H2,(H,21,25). The number of anilines is 1. The third kappa shape index (κ3) is 4.32. The summed E-state index contributed by atoms with van der Waals surface area (Å²) in [6, 6.07) is 9.68. The van der Waals surface area contributed by atoms with E-state index >= 15 is 0 Å². The molecule has 0 atom stereocenters. The maximum absolute atomic E-state index is 12.2. The maximum atomic E-state index is 12.2. The summed E-state index contributed by atoms with van der Waals surface area (Å²) in [6.45, 7) is 0. The van der Waals surface area contributed by atoms with Gasteiger partial charge in [0.15, 0.2) is 11.0 Å². The van der Waals surface area contributed by atoms with Crippen LogP contribution in [0.1, 0.15) is 25.3 Å². The van der Waals surface area contributed by atoms with Crippen LogP contribution in [0, 0.1) is 0 Å². The van der Waals surface area contributed by atoms with Crippen molar-refractivity contribution in [3.05, 3.63) is 45.8 Å². The summed E-state index contributed by atoms with van der Waals surface area (Å²) in [6.07, 6.45) is 2.63. The molecule has 9 heteroatoms. The number of benzene rings is 1. The molecule has 140 valence electrons. The molecule has 1 aliphatic carbocycles. The fourth-order valence-corrected chi connectivity index (χ4v) is 4.81. The van der Waals surface area contributed by atoms with Crippen molar-refractivity contribution in [1.29, 1.82) is 0 Å². The molecule has 0 spiro atoms. The number of rotatable bonds is 7. The highest BCUT2D eigenvalue weighted by molar-refractivity contribution is 7.99. The summed E-state index contributed by atoms with van der Waals surface area (Å²) in [5.41, 5.74) is 0.456. The predicted molar refractivity (Wildman–Crippen MR) is 112 cm³/mol. The highest BCUT2D eigenvalue weighted by Gasteiger charge is 2.30. The van der Waals surface area contributed by atoms with Crippen LogP contribution in [0.5, 0.6) is 0 Å². The second-order valence-electron chi connectivity index (χ2n) is 6.13. The first-order valence-electron chi connectivity index (χ1n) is 8.49. The summed E-state index contributed by atoms with van der Waals surface area (Å²) in [7, 11) is 0. The topological polar surface area (TPSA) is 59.8 Å². The van der Waals surface area contributed by atoms with Gasteiger partial charge in [-0.05, 0) is 36.4 Å². The molecule has 0 bridgehead atoms. The van der Waals surface area contributed by atoms with Gasteiger partial charge in [0.25, 0.3) is 0 Å². The van der Waals surface area contributed by atoms with Crippen molar-refractivity contribution in [2.75, 3.05) is 11.1 Å². The van der Waals surface area contributed by atoms with Crippen molar-refractivity contribution < 1.29 is 4.79 Å². The summed E-state index contributed by atoms with van der Waals surface area (Å²) in [5, 5.41) is 15.3. The number of aromatic nitrogens is 3. The Morgan fingerprint density at radius 1 is 1.22 bits per heavy atom. The highest BCUT2D eigenvalue weighted by Crippen LogP contribution is 2.41. The van der Waals surface area contributed by atoms with E-state index in [4.69, 9.17) is 23.2 Å². The maximum Gasteiger partial charge on any atom is 0.225 e. The Morgan fingerprint density at radius 3 is 2.67 bits per heavy atom. The van der Waals surface area contributed by atoms with Gasteiger partial charge >= 0.3 is 0 Å². The lowest BCUT2D eigenvalue weighted by Gasteiger charge is -2.09. The zero-order valence-corrected chi connectivity index (χ0v) is 17.3. The van der Waals surface area contributed by atoms with Crippen LogP contribution in [0.25, 0.3) is 10.7 Å². The van der Waals surface area contributed by atoms with E-state index in [-0.39, 0.29) is 5.91 Å². The van der Waals surface area contributed by atoms with Gasteiger partial charge in [-0.15, -0.1) is 21.5 Å². The number of hydrogen-bond donors (Lipinski definition) is 1. The number of nitrogens with zero attached hydrogens (tertiary/aromatic N) is 3. The second kappa shape index (κ2) is 8.22. The molecule has 0 unspecified atom stereocenters. The van der Waals surface area contributed by atoms with Gasteiger partial charge in [-0.2, -0.15) is 0 Å². The van der Waals surface area contributed by atoms with Crippen LogP contribution in [-0.4, -0.2) is 26.4 Å². The summed E-state index contributed by atoms with van der Waals surface area (Å²) < 4.78 is 2.21. The molecule has 3 aromatic rings. The van der Waals surface area contributed by atoms with Crippen LogP contribution in [-0.2, 0) is 4.79 Å². The number of thiophene rings is 1. The molecule has 1 N–H and O–H groups in total. The van der Waals surface area contributed by atoms with Gasteiger partial charge in [0.1, 0.15) is 0 Å². The smallest absolute Gasteiger partial charge is 0.225 e. The number of nitrogens with one attached hydrogen (secondary N) is 1. The summed E-state index contributed by atoms with van der Waals surface area (Å²) in [5.74, 6) is 1.39. The number of amides is 1. The van der Waals surface area contributed by atoms with E-state index in [1.807, 2.05) is 11.4 Å². The lowest BCUT2D eigenvalue weighted by Crippen LogP contribution is -2.13. The minimum atomic E-state index is -0.131. The average molecular weight is 439 g/mol. The molecule has 0 saturated heterocycles. The quantitative estimate of drug-likeness (QED) is 0.475. The van der Waals surface area contributed by atoms with Crippen LogP contribution >= 0.6 is 46.3 Å². The van der Waals surface area contributed by atoms with Gasteiger partial charge in [-0.25, -0.2) is 0 Å². The van der Waals surface area contributed by atoms with Crippen molar-refractivity contribution in [1.82, 2.24) is 14.8 Å². The van der Waals surface area contributed by atoms with Crippen molar-refractivity contribution in [3.8, 4) is 10.7 Å². The third-order valence-corrected chi connectivity index (χ3v) is 6.55. The lowest BCUT2D eigenvalue weighted by molar-refractivity contribution is -0.115. The number of hydrogen-bond acceptors (Lipinski definition) is 5. The number of thioether (sulfide) groups is 1. The number of halogens is 2. The lowest BCUT2D eigenvalue weighted by atomic mass is 10.3. The molecule has 1 aromatic carbocycles. The van der Waals surface area contributed by atoms with Gasteiger partial charge in [0, 0.05) is 18.2 Å². The Hall–Kier alpha value is -1.54. The zero-order chi connectivity index (χ0) is 18.8. The van der Waals surface area contributed by atoms with Gasteiger partial charge < -0.3 is 5.32 Å². The zero-order valence-electron chi connectivity index (χ0n) is 14.2. The molecule has 0 radical (unpaired) electrons. The van der Waals surface area contributed by atoms with Crippen LogP contribution in [0.4, 0.5) is 5.69 Å². The molecule has 1 saturated carbocycles. The monoisotopic (exact) mass is 438 g/mol. The second-order valence-corrected chi connectivity index (χ2v) is 8.95. The molecule has 2 heterocycles. The molecular formula is C18H16Cl2N4OS2. The Kier molecular flexibility index (Phi) is 5.73. The normalized spacial score (nSPS) is 13.7. The van der Waals surface area contributed by atoms with E-state index in [9.17, 15) is 4.79 Å². The molecule has 27 heavy (non-hydrogen) atoms. The molecule has 5 nitrogen and oxygen atoms in total. The van der Waals surface area contributed by atoms with Crippen molar-refractivity contribution in [2.45, 2.75) is 30.5 Å². The van der Waals surface area contributed by atoms with E-state index in [1.54, 1.807) is 41.3 Å². The Morgan fingerprint density at radius 2 is 2.00 bits per heavy atom. The first-order valence-corrected chi connectivity index (χ1v) is 11.1. The minimum absolute atomic E-state index is 0.131. The number of para-hydroxylation sites is 1. The molecule has 0 aliphatic heterocycles. The predicted octanol–water partition coefficient (Wildman–Crippen LogP) is 5.77. The largest absolute Gasteiger partial charge is 0.324 e. The number of carbonyl (C=O) groups excluding carboxylic acids is 1. The van der Waals surface area contributed by atoms with E-state index in [0.29, 0.717) is 33.9 Å².